The van der Waals surface area contributed by atoms with Crippen molar-refractivity contribution in [2.75, 3.05) is 6.61 Å². The van der Waals surface area contributed by atoms with Gasteiger partial charge in [-0.2, -0.15) is 0 Å². The van der Waals surface area contributed by atoms with Gasteiger partial charge in [0.2, 0.25) is 0 Å². The van der Waals surface area contributed by atoms with Gasteiger partial charge in [-0.15, -0.1) is 0 Å². The molecule has 16 heavy (non-hydrogen) atoms. The summed E-state index contributed by atoms with van der Waals surface area (Å²) in [4.78, 5) is 11.7. The maximum atomic E-state index is 11.7. The van der Waals surface area contributed by atoms with Gasteiger partial charge in [0.05, 0.1) is 6.61 Å². The summed E-state index contributed by atoms with van der Waals surface area (Å²) in [5.41, 5.74) is -1.01. The summed E-state index contributed by atoms with van der Waals surface area (Å²) >= 11 is 3.31. The van der Waals surface area contributed by atoms with E-state index < -0.39 is 11.6 Å². The first-order chi connectivity index (χ1) is 7.54. The van der Waals surface area contributed by atoms with E-state index in [1.807, 2.05) is 6.07 Å². The van der Waals surface area contributed by atoms with Crippen molar-refractivity contribution < 1.29 is 14.6 Å². The molecule has 0 fully saturated rings. The van der Waals surface area contributed by atoms with Crippen molar-refractivity contribution in [2.45, 2.75) is 25.9 Å². The number of hydrogen-bond acceptors (Lipinski definition) is 3. The zero-order valence-electron chi connectivity index (χ0n) is 9.37. The van der Waals surface area contributed by atoms with E-state index in [4.69, 9.17) is 4.74 Å². The lowest BCUT2D eigenvalue weighted by Gasteiger charge is -2.24. The number of carbonyl (C=O) groups excluding carboxylic acids is 1. The Labute approximate surface area is 104 Å². The van der Waals surface area contributed by atoms with E-state index in [0.717, 1.165) is 4.47 Å². The molecular formula is C12H15BrO3. The normalized spacial score (nSPS) is 14.2. The Hall–Kier alpha value is -0.870. The molecule has 1 atom stereocenters. The fourth-order valence-corrected chi connectivity index (χ4v) is 1.86. The van der Waals surface area contributed by atoms with Crippen LogP contribution in [-0.4, -0.2) is 17.7 Å². The van der Waals surface area contributed by atoms with Crippen molar-refractivity contribution in [1.29, 1.82) is 0 Å². The second kappa shape index (κ2) is 5.46. The van der Waals surface area contributed by atoms with Crippen molar-refractivity contribution in [3.05, 3.63) is 34.3 Å². The average Bonchev–Trinajstić information content (AvgIpc) is 2.28. The summed E-state index contributed by atoms with van der Waals surface area (Å²) in [7, 11) is 0. The zero-order valence-corrected chi connectivity index (χ0v) is 11.0. The molecule has 4 heteroatoms. The topological polar surface area (TPSA) is 46.5 Å². The van der Waals surface area contributed by atoms with Crippen LogP contribution in [0.25, 0.3) is 0 Å². The third kappa shape index (κ3) is 2.62. The molecule has 3 nitrogen and oxygen atoms in total. The molecule has 0 amide bonds. The number of carbonyl (C=O) groups is 1. The highest BCUT2D eigenvalue weighted by Crippen LogP contribution is 2.28. The third-order valence-corrected chi connectivity index (χ3v) is 2.92. The van der Waals surface area contributed by atoms with E-state index >= 15 is 0 Å². The van der Waals surface area contributed by atoms with Crippen LogP contribution < -0.4 is 0 Å². The molecule has 1 rings (SSSR count). The quantitative estimate of drug-likeness (QED) is 0.866. The van der Waals surface area contributed by atoms with Gasteiger partial charge in [0.25, 0.3) is 0 Å². The van der Waals surface area contributed by atoms with Crippen LogP contribution >= 0.6 is 15.9 Å². The Balaban J connectivity index is 3.09. The number of rotatable bonds is 4. The maximum absolute atomic E-state index is 11.7. The molecule has 0 saturated carbocycles. The third-order valence-electron chi connectivity index (χ3n) is 2.43. The fraction of sp³-hybridized carbons (Fsp3) is 0.417. The molecule has 0 aliphatic carbocycles. The van der Waals surface area contributed by atoms with Gasteiger partial charge in [0, 0.05) is 4.47 Å². The average molecular weight is 287 g/mol. The standard InChI is InChI=1S/C12H15BrO3/c1-3-12(15,11(14)16-4-2)9-6-5-7-10(13)8-9/h5-8,15H,3-4H2,1-2H3. The predicted octanol–water partition coefficient (Wildman–Crippen LogP) is 2.61. The van der Waals surface area contributed by atoms with Crippen LogP contribution in [0.1, 0.15) is 25.8 Å². The van der Waals surface area contributed by atoms with Crippen LogP contribution in [0, 0.1) is 0 Å². The Kier molecular flexibility index (Phi) is 4.50. The Morgan fingerprint density at radius 1 is 1.50 bits per heavy atom. The summed E-state index contributed by atoms with van der Waals surface area (Å²) in [6.07, 6.45) is 0.280. The van der Waals surface area contributed by atoms with Crippen molar-refractivity contribution in [3.63, 3.8) is 0 Å². The molecular weight excluding hydrogens is 272 g/mol. The van der Waals surface area contributed by atoms with Crippen LogP contribution in [0.4, 0.5) is 0 Å². The highest BCUT2D eigenvalue weighted by Gasteiger charge is 2.37. The Morgan fingerprint density at radius 3 is 2.69 bits per heavy atom. The number of hydrogen-bond donors (Lipinski definition) is 1. The van der Waals surface area contributed by atoms with E-state index in [2.05, 4.69) is 15.9 Å². The second-order valence-electron chi connectivity index (χ2n) is 3.44. The molecule has 0 heterocycles. The predicted molar refractivity (Wildman–Crippen MR) is 65.0 cm³/mol. The van der Waals surface area contributed by atoms with E-state index in [0.29, 0.717) is 5.56 Å². The first-order valence-corrected chi connectivity index (χ1v) is 5.99. The van der Waals surface area contributed by atoms with Gasteiger partial charge >= 0.3 is 5.97 Å². The van der Waals surface area contributed by atoms with Gasteiger partial charge < -0.3 is 9.84 Å². The summed E-state index contributed by atoms with van der Waals surface area (Å²) in [5.74, 6) is -0.601. The van der Waals surface area contributed by atoms with Gasteiger partial charge in [0.1, 0.15) is 0 Å². The van der Waals surface area contributed by atoms with Crippen molar-refractivity contribution in [3.8, 4) is 0 Å². The number of benzene rings is 1. The van der Waals surface area contributed by atoms with E-state index in [1.165, 1.54) is 0 Å². The molecule has 0 radical (unpaired) electrons. The largest absolute Gasteiger partial charge is 0.464 e. The molecule has 0 aromatic heterocycles. The van der Waals surface area contributed by atoms with Gasteiger partial charge in [0.15, 0.2) is 5.60 Å². The lowest BCUT2D eigenvalue weighted by molar-refractivity contribution is -0.166. The minimum atomic E-state index is -1.56. The van der Waals surface area contributed by atoms with E-state index in [9.17, 15) is 9.90 Å². The monoisotopic (exact) mass is 286 g/mol. The Morgan fingerprint density at radius 2 is 2.19 bits per heavy atom. The van der Waals surface area contributed by atoms with Gasteiger partial charge in [-0.3, -0.25) is 0 Å². The minimum Gasteiger partial charge on any atom is -0.464 e. The SMILES string of the molecule is CCOC(=O)C(O)(CC)c1cccc(Br)c1. The molecule has 1 unspecified atom stereocenters. The number of ether oxygens (including phenoxy) is 1. The molecule has 88 valence electrons. The summed E-state index contributed by atoms with van der Waals surface area (Å²) in [6, 6.07) is 7.05. The molecule has 1 aromatic rings. The molecule has 0 bridgehead atoms. The minimum absolute atomic E-state index is 0.259. The van der Waals surface area contributed by atoms with Crippen molar-refractivity contribution in [1.82, 2.24) is 0 Å². The number of halogens is 1. The highest BCUT2D eigenvalue weighted by molar-refractivity contribution is 9.10. The molecule has 0 aliphatic heterocycles. The summed E-state index contributed by atoms with van der Waals surface area (Å²) in [5, 5.41) is 10.3. The molecule has 1 N–H and O–H groups in total. The van der Waals surface area contributed by atoms with E-state index in [-0.39, 0.29) is 13.0 Å². The lowest BCUT2D eigenvalue weighted by Crippen LogP contribution is -2.36. The van der Waals surface area contributed by atoms with Crippen LogP contribution in [0.5, 0.6) is 0 Å². The molecule has 0 spiro atoms. The van der Waals surface area contributed by atoms with Crippen LogP contribution in [0.15, 0.2) is 28.7 Å². The maximum Gasteiger partial charge on any atom is 0.342 e. The van der Waals surface area contributed by atoms with Gasteiger partial charge in [-0.05, 0) is 31.0 Å². The summed E-state index contributed by atoms with van der Waals surface area (Å²) in [6.45, 7) is 3.72. The number of esters is 1. The molecule has 0 aliphatic rings. The zero-order chi connectivity index (χ0) is 12.2. The van der Waals surface area contributed by atoms with E-state index in [1.54, 1.807) is 32.0 Å². The summed E-state index contributed by atoms with van der Waals surface area (Å²) < 4.78 is 5.71. The first-order valence-electron chi connectivity index (χ1n) is 5.20. The van der Waals surface area contributed by atoms with Crippen LogP contribution in [-0.2, 0) is 15.1 Å². The molecule has 1 aromatic carbocycles. The van der Waals surface area contributed by atoms with Crippen LogP contribution in [0.2, 0.25) is 0 Å². The van der Waals surface area contributed by atoms with Crippen molar-refractivity contribution >= 4 is 21.9 Å². The first kappa shape index (κ1) is 13.2. The highest BCUT2D eigenvalue weighted by atomic mass is 79.9. The number of aliphatic hydroxyl groups is 1. The Bertz CT molecular complexity index is 378. The van der Waals surface area contributed by atoms with Crippen LogP contribution in [0.3, 0.4) is 0 Å². The fourth-order valence-electron chi connectivity index (χ4n) is 1.46. The van der Waals surface area contributed by atoms with Gasteiger partial charge in [-0.1, -0.05) is 35.0 Å². The van der Waals surface area contributed by atoms with Gasteiger partial charge in [-0.25, -0.2) is 4.79 Å². The van der Waals surface area contributed by atoms with Crippen molar-refractivity contribution in [2.24, 2.45) is 0 Å². The smallest absolute Gasteiger partial charge is 0.342 e. The lowest BCUT2D eigenvalue weighted by atomic mass is 9.91. The molecule has 0 saturated heterocycles. The second-order valence-corrected chi connectivity index (χ2v) is 4.36.